The first-order valence-corrected chi connectivity index (χ1v) is 6.43. The zero-order valence-corrected chi connectivity index (χ0v) is 10.6. The fourth-order valence-electron chi connectivity index (χ4n) is 2.10. The number of rotatable bonds is 5. The second-order valence-corrected chi connectivity index (χ2v) is 4.60. The van der Waals surface area contributed by atoms with Crippen molar-refractivity contribution in [1.29, 1.82) is 0 Å². The lowest BCUT2D eigenvalue weighted by Gasteiger charge is -2.22. The van der Waals surface area contributed by atoms with E-state index in [2.05, 4.69) is 15.6 Å². The summed E-state index contributed by atoms with van der Waals surface area (Å²) in [5, 5.41) is 14.7. The number of piperidine rings is 1. The fourth-order valence-corrected chi connectivity index (χ4v) is 2.10. The SMILES string of the molecule is O=C(O)c1cn(CCNC(=O)C2CCCCN2)cn1. The van der Waals surface area contributed by atoms with Crippen LogP contribution in [0.3, 0.4) is 0 Å². The Morgan fingerprint density at radius 2 is 2.37 bits per heavy atom. The molecule has 1 amide bonds. The van der Waals surface area contributed by atoms with E-state index in [1.165, 1.54) is 12.5 Å². The molecule has 0 radical (unpaired) electrons. The lowest BCUT2D eigenvalue weighted by molar-refractivity contribution is -0.123. The minimum atomic E-state index is -1.05. The van der Waals surface area contributed by atoms with E-state index in [1.807, 2.05) is 0 Å². The Morgan fingerprint density at radius 3 is 3.00 bits per heavy atom. The van der Waals surface area contributed by atoms with Gasteiger partial charge in [0.25, 0.3) is 0 Å². The van der Waals surface area contributed by atoms with Crippen LogP contribution in [0.1, 0.15) is 29.8 Å². The van der Waals surface area contributed by atoms with Crippen molar-refractivity contribution in [2.45, 2.75) is 31.8 Å². The van der Waals surface area contributed by atoms with Gasteiger partial charge < -0.3 is 20.3 Å². The van der Waals surface area contributed by atoms with Gasteiger partial charge in [0.2, 0.25) is 5.91 Å². The van der Waals surface area contributed by atoms with E-state index >= 15 is 0 Å². The third kappa shape index (κ3) is 3.78. The summed E-state index contributed by atoms with van der Waals surface area (Å²) in [4.78, 5) is 26.2. The van der Waals surface area contributed by atoms with Crippen LogP contribution in [-0.2, 0) is 11.3 Å². The summed E-state index contributed by atoms with van der Waals surface area (Å²) in [7, 11) is 0. The fraction of sp³-hybridized carbons (Fsp3) is 0.583. The maximum Gasteiger partial charge on any atom is 0.356 e. The molecule has 0 aliphatic carbocycles. The average Bonchev–Trinajstić information content (AvgIpc) is 2.89. The maximum atomic E-state index is 11.8. The number of carbonyl (C=O) groups is 2. The summed E-state index contributed by atoms with van der Waals surface area (Å²) >= 11 is 0. The molecule has 1 aliphatic heterocycles. The number of nitrogens with one attached hydrogen (secondary N) is 2. The van der Waals surface area contributed by atoms with Gasteiger partial charge in [0.1, 0.15) is 0 Å². The Labute approximate surface area is 111 Å². The molecule has 0 saturated carbocycles. The van der Waals surface area contributed by atoms with Gasteiger partial charge in [-0.25, -0.2) is 9.78 Å². The minimum absolute atomic E-state index is 0.0123. The number of nitrogens with zero attached hydrogens (tertiary/aromatic N) is 2. The molecule has 2 heterocycles. The number of hydrogen-bond acceptors (Lipinski definition) is 4. The Hall–Kier alpha value is -1.89. The standard InChI is InChI=1S/C12H18N4O3/c17-11(9-3-1-2-4-13-9)14-5-6-16-7-10(12(18)19)15-8-16/h7-9,13H,1-6H2,(H,14,17)(H,18,19). The van der Waals surface area contributed by atoms with Gasteiger partial charge in [-0.05, 0) is 19.4 Å². The summed E-state index contributed by atoms with van der Waals surface area (Å²) < 4.78 is 1.65. The van der Waals surface area contributed by atoms with Gasteiger partial charge in [0.05, 0.1) is 12.4 Å². The highest BCUT2D eigenvalue weighted by atomic mass is 16.4. The zero-order chi connectivity index (χ0) is 13.7. The third-order valence-electron chi connectivity index (χ3n) is 3.15. The van der Waals surface area contributed by atoms with E-state index in [4.69, 9.17) is 5.11 Å². The number of hydrogen-bond donors (Lipinski definition) is 3. The van der Waals surface area contributed by atoms with Crippen molar-refractivity contribution in [3.63, 3.8) is 0 Å². The highest BCUT2D eigenvalue weighted by molar-refractivity contribution is 5.84. The number of carboxylic acid groups (broad SMARTS) is 1. The topological polar surface area (TPSA) is 96.2 Å². The predicted octanol–water partition coefficient (Wildman–Crippen LogP) is -0.160. The second-order valence-electron chi connectivity index (χ2n) is 4.60. The van der Waals surface area contributed by atoms with Gasteiger partial charge in [-0.15, -0.1) is 0 Å². The molecule has 7 nitrogen and oxygen atoms in total. The van der Waals surface area contributed by atoms with Gasteiger partial charge in [0.15, 0.2) is 5.69 Å². The van der Waals surface area contributed by atoms with Crippen molar-refractivity contribution in [2.75, 3.05) is 13.1 Å². The molecule has 1 unspecified atom stereocenters. The van der Waals surface area contributed by atoms with Gasteiger partial charge in [-0.3, -0.25) is 4.79 Å². The normalized spacial score (nSPS) is 19.1. The molecule has 0 spiro atoms. The van der Waals surface area contributed by atoms with Crippen molar-refractivity contribution in [3.05, 3.63) is 18.2 Å². The number of carbonyl (C=O) groups excluding carboxylic acids is 1. The van der Waals surface area contributed by atoms with Crippen molar-refractivity contribution < 1.29 is 14.7 Å². The smallest absolute Gasteiger partial charge is 0.356 e. The molecule has 0 bridgehead atoms. The molecular formula is C12H18N4O3. The molecule has 7 heteroatoms. The van der Waals surface area contributed by atoms with Crippen molar-refractivity contribution in [2.24, 2.45) is 0 Å². The molecular weight excluding hydrogens is 248 g/mol. The van der Waals surface area contributed by atoms with Crippen LogP contribution in [0.2, 0.25) is 0 Å². The van der Waals surface area contributed by atoms with Crippen molar-refractivity contribution in [1.82, 2.24) is 20.2 Å². The molecule has 3 N–H and O–H groups in total. The third-order valence-corrected chi connectivity index (χ3v) is 3.15. The molecule has 19 heavy (non-hydrogen) atoms. The van der Waals surface area contributed by atoms with Crippen LogP contribution in [0, 0.1) is 0 Å². The Morgan fingerprint density at radius 1 is 1.53 bits per heavy atom. The monoisotopic (exact) mass is 266 g/mol. The van der Waals surface area contributed by atoms with Crippen LogP contribution < -0.4 is 10.6 Å². The number of aromatic nitrogens is 2. The molecule has 1 aromatic rings. The predicted molar refractivity (Wildman–Crippen MR) is 67.8 cm³/mol. The quantitative estimate of drug-likeness (QED) is 0.688. The molecule has 1 aromatic heterocycles. The second kappa shape index (κ2) is 6.33. The number of aromatic carboxylic acids is 1. The molecule has 2 rings (SSSR count). The molecule has 0 aromatic carbocycles. The first kappa shape index (κ1) is 13.5. The first-order valence-electron chi connectivity index (χ1n) is 6.43. The van der Waals surface area contributed by atoms with E-state index in [9.17, 15) is 9.59 Å². The summed E-state index contributed by atoms with van der Waals surface area (Å²) in [5.74, 6) is -1.03. The maximum absolute atomic E-state index is 11.8. The zero-order valence-electron chi connectivity index (χ0n) is 10.6. The van der Waals surface area contributed by atoms with Crippen LogP contribution in [0.25, 0.3) is 0 Å². The van der Waals surface area contributed by atoms with Crippen molar-refractivity contribution in [3.8, 4) is 0 Å². The largest absolute Gasteiger partial charge is 0.476 e. The summed E-state index contributed by atoms with van der Waals surface area (Å²) in [5.41, 5.74) is 0.0141. The number of carboxylic acids is 1. The van der Waals surface area contributed by atoms with E-state index in [0.29, 0.717) is 13.1 Å². The summed E-state index contributed by atoms with van der Waals surface area (Å²) in [6, 6.07) is -0.0916. The van der Waals surface area contributed by atoms with Crippen LogP contribution in [0.5, 0.6) is 0 Å². The van der Waals surface area contributed by atoms with Gasteiger partial charge >= 0.3 is 5.97 Å². The Kier molecular flexibility index (Phi) is 4.51. The van der Waals surface area contributed by atoms with E-state index in [1.54, 1.807) is 4.57 Å². The van der Waals surface area contributed by atoms with Gasteiger partial charge in [-0.1, -0.05) is 6.42 Å². The minimum Gasteiger partial charge on any atom is -0.476 e. The first-order chi connectivity index (χ1) is 9.16. The van der Waals surface area contributed by atoms with Crippen LogP contribution in [-0.4, -0.2) is 45.7 Å². The lowest BCUT2D eigenvalue weighted by atomic mass is 10.0. The number of amides is 1. The lowest BCUT2D eigenvalue weighted by Crippen LogP contribution is -2.47. The van der Waals surface area contributed by atoms with Crippen LogP contribution in [0.4, 0.5) is 0 Å². The van der Waals surface area contributed by atoms with Gasteiger partial charge in [0, 0.05) is 19.3 Å². The summed E-state index contributed by atoms with van der Waals surface area (Å²) in [6.07, 6.45) is 5.98. The molecule has 1 atom stereocenters. The molecule has 1 aliphatic rings. The summed E-state index contributed by atoms with van der Waals surface area (Å²) in [6.45, 7) is 1.87. The molecule has 1 saturated heterocycles. The number of imidazole rings is 1. The van der Waals surface area contributed by atoms with E-state index in [0.717, 1.165) is 25.8 Å². The molecule has 104 valence electrons. The molecule has 1 fully saturated rings. The highest BCUT2D eigenvalue weighted by Crippen LogP contribution is 2.06. The van der Waals surface area contributed by atoms with E-state index in [-0.39, 0.29) is 17.6 Å². The van der Waals surface area contributed by atoms with Gasteiger partial charge in [-0.2, -0.15) is 0 Å². The Bertz CT molecular complexity index is 452. The van der Waals surface area contributed by atoms with Crippen molar-refractivity contribution >= 4 is 11.9 Å². The van der Waals surface area contributed by atoms with Crippen LogP contribution in [0.15, 0.2) is 12.5 Å². The highest BCUT2D eigenvalue weighted by Gasteiger charge is 2.19. The average molecular weight is 266 g/mol. The van der Waals surface area contributed by atoms with E-state index < -0.39 is 5.97 Å². The Balaban J connectivity index is 1.73. The van der Waals surface area contributed by atoms with Crippen LogP contribution >= 0.6 is 0 Å².